The second-order valence-corrected chi connectivity index (χ2v) is 23.4. The lowest BCUT2D eigenvalue weighted by Crippen LogP contribution is -2.77. The lowest BCUT2D eigenvalue weighted by Gasteiger charge is -2.47. The standard InChI is InChI=1S/C22H28F14O2Si3/c1-8-13-11-9-10-12-14(13)41(37-39(2,3)4,38-40(5,6)7)17(26)19(29,30)21(33,34)22(35,36)20(31,32)18(27,28)15(23)16(24)25/h8-12,15-17H,1H2,2-7H3. The molecule has 0 aliphatic rings. The Hall–Kier alpha value is -1.45. The van der Waals surface area contributed by atoms with Crippen LogP contribution >= 0.6 is 0 Å². The summed E-state index contributed by atoms with van der Waals surface area (Å²) in [5.41, 5.74) is -0.252. The Balaban J connectivity index is 4.11. The van der Waals surface area contributed by atoms with Gasteiger partial charge in [0.25, 0.3) is 6.43 Å². The van der Waals surface area contributed by atoms with E-state index in [9.17, 15) is 48.3 Å². The van der Waals surface area contributed by atoms with E-state index < -0.39 is 78.4 Å². The average molecular weight is 675 g/mol. The molecule has 0 fully saturated rings. The van der Waals surface area contributed by atoms with Crippen LogP contribution in [-0.4, -0.2) is 73.2 Å². The van der Waals surface area contributed by atoms with Crippen LogP contribution < -0.4 is 5.19 Å². The van der Waals surface area contributed by atoms with Crippen molar-refractivity contribution in [3.8, 4) is 0 Å². The molecule has 2 unspecified atom stereocenters. The van der Waals surface area contributed by atoms with Crippen molar-refractivity contribution < 1.29 is 69.7 Å². The molecule has 1 aromatic rings. The summed E-state index contributed by atoms with van der Waals surface area (Å²) in [5, 5.41) is -0.676. The van der Waals surface area contributed by atoms with Gasteiger partial charge in [0.1, 0.15) is 0 Å². The van der Waals surface area contributed by atoms with Crippen LogP contribution in [0.25, 0.3) is 6.08 Å². The van der Waals surface area contributed by atoms with Crippen molar-refractivity contribution in [2.45, 2.75) is 87.3 Å². The summed E-state index contributed by atoms with van der Waals surface area (Å²) in [6.07, 6.45) is -9.66. The number of halogens is 14. The van der Waals surface area contributed by atoms with E-state index >= 15 is 13.2 Å². The van der Waals surface area contributed by atoms with Crippen LogP contribution in [-0.2, 0) is 8.23 Å². The second-order valence-electron chi connectivity index (χ2n) is 11.0. The first-order valence-electron chi connectivity index (χ1n) is 11.6. The Bertz CT molecular complexity index is 1050. The van der Waals surface area contributed by atoms with Crippen LogP contribution in [0.3, 0.4) is 0 Å². The van der Waals surface area contributed by atoms with Crippen molar-refractivity contribution in [1.29, 1.82) is 0 Å². The summed E-state index contributed by atoms with van der Waals surface area (Å²) in [5.74, 6) is -42.6. The lowest BCUT2D eigenvalue weighted by atomic mass is 9.92. The van der Waals surface area contributed by atoms with Gasteiger partial charge in [-0.1, -0.05) is 36.9 Å². The molecule has 0 N–H and O–H groups in total. The van der Waals surface area contributed by atoms with Crippen LogP contribution in [0.4, 0.5) is 61.5 Å². The van der Waals surface area contributed by atoms with Gasteiger partial charge in [-0.25, -0.2) is 17.6 Å². The summed E-state index contributed by atoms with van der Waals surface area (Å²) in [4.78, 5) is 0. The zero-order valence-corrected chi connectivity index (χ0v) is 25.4. The van der Waals surface area contributed by atoms with E-state index in [4.69, 9.17) is 8.23 Å². The number of alkyl halides is 14. The van der Waals surface area contributed by atoms with Crippen molar-refractivity contribution in [3.05, 3.63) is 36.4 Å². The monoisotopic (exact) mass is 674 g/mol. The van der Waals surface area contributed by atoms with E-state index in [0.29, 0.717) is 0 Å². The van der Waals surface area contributed by atoms with Crippen molar-refractivity contribution in [2.75, 3.05) is 0 Å². The van der Waals surface area contributed by atoms with Crippen molar-refractivity contribution in [2.24, 2.45) is 0 Å². The average Bonchev–Trinajstić information content (AvgIpc) is 2.79. The van der Waals surface area contributed by atoms with E-state index in [1.165, 1.54) is 45.3 Å². The van der Waals surface area contributed by atoms with Crippen LogP contribution in [0.2, 0.25) is 39.3 Å². The summed E-state index contributed by atoms with van der Waals surface area (Å²) in [7, 11) is -12.8. The second kappa shape index (κ2) is 11.6. The quantitative estimate of drug-likeness (QED) is 0.146. The summed E-state index contributed by atoms with van der Waals surface area (Å²) < 4.78 is 210. The van der Waals surface area contributed by atoms with E-state index in [1.54, 1.807) is 0 Å². The number of benzene rings is 1. The summed E-state index contributed by atoms with van der Waals surface area (Å²) in [6.45, 7) is 10.9. The molecule has 0 aromatic heterocycles. The molecule has 19 heteroatoms. The van der Waals surface area contributed by atoms with Gasteiger partial charge in [-0.05, 0) is 44.8 Å². The zero-order chi connectivity index (χ0) is 32.8. The highest BCUT2D eigenvalue weighted by Gasteiger charge is 2.90. The Labute approximate surface area is 230 Å². The van der Waals surface area contributed by atoms with Crippen LogP contribution in [0.15, 0.2) is 30.8 Å². The molecule has 2 atom stereocenters. The molecule has 0 bridgehead atoms. The normalized spacial score (nSPS) is 16.6. The predicted octanol–water partition coefficient (Wildman–Crippen LogP) is 8.34. The molecule has 0 aliphatic carbocycles. The molecule has 41 heavy (non-hydrogen) atoms. The lowest BCUT2D eigenvalue weighted by molar-refractivity contribution is -0.413. The molecular weight excluding hydrogens is 646 g/mol. The Kier molecular flexibility index (Phi) is 10.6. The van der Waals surface area contributed by atoms with Gasteiger partial charge in [-0.3, -0.25) is 0 Å². The molecule has 0 heterocycles. The SMILES string of the molecule is C=Cc1ccccc1[Si](O[Si](C)(C)C)(O[Si](C)(C)C)C(F)C(F)(F)C(F)(F)C(F)(F)C(F)(F)C(F)(F)C(F)C(F)F. The number of hydrogen-bond acceptors (Lipinski definition) is 2. The molecule has 0 spiro atoms. The molecule has 0 saturated heterocycles. The maximum absolute atomic E-state index is 16.2. The van der Waals surface area contributed by atoms with E-state index in [1.807, 2.05) is 0 Å². The number of rotatable bonds is 14. The molecule has 0 amide bonds. The molecule has 0 radical (unpaired) electrons. The van der Waals surface area contributed by atoms with Gasteiger partial charge in [0.15, 0.2) is 16.6 Å². The fraction of sp³-hybridized carbons (Fsp3) is 0.636. The molecule has 2 nitrogen and oxygen atoms in total. The van der Waals surface area contributed by atoms with E-state index in [-0.39, 0.29) is 5.56 Å². The molecule has 0 saturated carbocycles. The fourth-order valence-corrected chi connectivity index (χ4v) is 15.0. The van der Waals surface area contributed by atoms with Gasteiger partial charge in [-0.15, -0.1) is 0 Å². The predicted molar refractivity (Wildman–Crippen MR) is 131 cm³/mol. The molecule has 0 aliphatic heterocycles. The molecule has 1 rings (SSSR count). The summed E-state index contributed by atoms with van der Waals surface area (Å²) in [6, 6.07) is 4.34. The third-order valence-corrected chi connectivity index (χ3v) is 14.9. The van der Waals surface area contributed by atoms with Crippen LogP contribution in [0, 0.1) is 0 Å². The summed E-state index contributed by atoms with van der Waals surface area (Å²) >= 11 is 0. The van der Waals surface area contributed by atoms with E-state index in [0.717, 1.165) is 24.3 Å². The van der Waals surface area contributed by atoms with Crippen LogP contribution in [0.5, 0.6) is 0 Å². The third kappa shape index (κ3) is 6.72. The zero-order valence-electron chi connectivity index (χ0n) is 22.4. The largest absolute Gasteiger partial charge is 0.432 e. The maximum Gasteiger partial charge on any atom is 0.394 e. The fourth-order valence-electron chi connectivity index (χ4n) is 3.62. The highest BCUT2D eigenvalue weighted by atomic mass is 28.5. The first-order valence-corrected chi connectivity index (χ1v) is 20.3. The van der Waals surface area contributed by atoms with Gasteiger partial charge < -0.3 is 8.23 Å². The highest BCUT2D eigenvalue weighted by Crippen LogP contribution is 2.60. The van der Waals surface area contributed by atoms with Crippen molar-refractivity contribution >= 4 is 36.5 Å². The topological polar surface area (TPSA) is 18.5 Å². The Morgan fingerprint density at radius 3 is 1.41 bits per heavy atom. The van der Waals surface area contributed by atoms with Gasteiger partial charge in [0, 0.05) is 5.19 Å². The minimum atomic E-state index is -7.99. The van der Waals surface area contributed by atoms with Crippen molar-refractivity contribution in [3.63, 3.8) is 0 Å². The van der Waals surface area contributed by atoms with Crippen molar-refractivity contribution in [1.82, 2.24) is 0 Å². The molecule has 1 aromatic carbocycles. The van der Waals surface area contributed by atoms with Crippen LogP contribution in [0.1, 0.15) is 5.56 Å². The molecular formula is C22H28F14O2Si3. The Morgan fingerprint density at radius 2 is 1.05 bits per heavy atom. The van der Waals surface area contributed by atoms with Gasteiger partial charge in [0.05, 0.1) is 0 Å². The number of hydrogen-bond donors (Lipinski definition) is 0. The highest BCUT2D eigenvalue weighted by molar-refractivity contribution is 6.95. The Morgan fingerprint density at radius 1 is 0.659 bits per heavy atom. The first-order chi connectivity index (χ1) is 18.0. The first kappa shape index (κ1) is 37.6. The minimum Gasteiger partial charge on any atom is -0.432 e. The minimum absolute atomic E-state index is 0.252. The third-order valence-electron chi connectivity index (χ3n) is 5.32. The van der Waals surface area contributed by atoms with Gasteiger partial charge in [-0.2, -0.15) is 43.9 Å². The maximum atomic E-state index is 16.2. The smallest absolute Gasteiger partial charge is 0.394 e. The molecule has 238 valence electrons. The van der Waals surface area contributed by atoms with E-state index in [2.05, 4.69) is 6.58 Å². The van der Waals surface area contributed by atoms with Gasteiger partial charge in [0.2, 0.25) is 12.0 Å². The van der Waals surface area contributed by atoms with Gasteiger partial charge >= 0.3 is 38.2 Å².